The van der Waals surface area contributed by atoms with Crippen LogP contribution in [0.25, 0.3) is 0 Å². The van der Waals surface area contributed by atoms with Crippen LogP contribution in [-0.4, -0.2) is 52.3 Å². The van der Waals surface area contributed by atoms with Crippen LogP contribution in [0.3, 0.4) is 0 Å². The first kappa shape index (κ1) is 17.3. The molecule has 0 unspecified atom stereocenters. The van der Waals surface area contributed by atoms with Gasteiger partial charge in [-0.15, -0.1) is 0 Å². The Balaban J connectivity index is 1.58. The van der Waals surface area contributed by atoms with Crippen molar-refractivity contribution in [2.75, 3.05) is 19.6 Å². The number of aromatic nitrogens is 2. The summed E-state index contributed by atoms with van der Waals surface area (Å²) in [5.41, 5.74) is 0. The van der Waals surface area contributed by atoms with E-state index in [1.54, 1.807) is 10.9 Å². The Bertz CT molecular complexity index is 489. The number of hydrogen-bond acceptors (Lipinski definition) is 3. The summed E-state index contributed by atoms with van der Waals surface area (Å²) in [6.07, 6.45) is 8.27. The number of likely N-dealkylation sites (tertiary alicyclic amines) is 1. The van der Waals surface area contributed by atoms with Gasteiger partial charge in [0, 0.05) is 44.5 Å². The Morgan fingerprint density at radius 1 is 1.39 bits per heavy atom. The first-order valence-corrected chi connectivity index (χ1v) is 8.44. The lowest BCUT2D eigenvalue weighted by atomic mass is 10.2. The van der Waals surface area contributed by atoms with Gasteiger partial charge in [0.1, 0.15) is 0 Å². The zero-order valence-electron chi connectivity index (χ0n) is 13.8. The minimum absolute atomic E-state index is 0.00193. The molecule has 1 aliphatic heterocycles. The van der Waals surface area contributed by atoms with E-state index in [4.69, 9.17) is 0 Å². The maximum Gasteiger partial charge on any atom is 0.315 e. The van der Waals surface area contributed by atoms with E-state index in [0.29, 0.717) is 19.5 Å². The standard InChI is InChI=1S/C16H27N5O2/c1-14(13-21-12-6-9-18-21)19-16(23)17-8-5-11-20-10-4-2-3-7-15(20)22/h6,9,12,14H,2-5,7-8,10-11,13H2,1H3,(H2,17,19,23)/t14-/m0/s1. The van der Waals surface area contributed by atoms with Gasteiger partial charge in [-0.2, -0.15) is 5.10 Å². The van der Waals surface area contributed by atoms with E-state index in [1.165, 1.54) is 0 Å². The van der Waals surface area contributed by atoms with Crippen molar-refractivity contribution in [3.05, 3.63) is 18.5 Å². The number of nitrogens with zero attached hydrogens (tertiary/aromatic N) is 3. The molecule has 0 spiro atoms. The van der Waals surface area contributed by atoms with Gasteiger partial charge in [-0.05, 0) is 32.3 Å². The predicted molar refractivity (Wildman–Crippen MR) is 87.9 cm³/mol. The number of hydrogen-bond donors (Lipinski definition) is 2. The summed E-state index contributed by atoms with van der Waals surface area (Å²) < 4.78 is 1.79. The van der Waals surface area contributed by atoms with Gasteiger partial charge in [0.05, 0.1) is 6.54 Å². The van der Waals surface area contributed by atoms with Gasteiger partial charge in [-0.25, -0.2) is 4.79 Å². The number of carbonyl (C=O) groups is 2. The van der Waals surface area contributed by atoms with Crippen molar-refractivity contribution in [3.8, 4) is 0 Å². The number of rotatable bonds is 7. The second-order valence-corrected chi connectivity index (χ2v) is 6.07. The van der Waals surface area contributed by atoms with Gasteiger partial charge in [-0.3, -0.25) is 9.48 Å². The van der Waals surface area contributed by atoms with Crippen LogP contribution >= 0.6 is 0 Å². The van der Waals surface area contributed by atoms with Gasteiger partial charge in [0.2, 0.25) is 5.91 Å². The summed E-state index contributed by atoms with van der Waals surface area (Å²) in [7, 11) is 0. The second kappa shape index (κ2) is 9.17. The first-order valence-electron chi connectivity index (χ1n) is 8.44. The minimum atomic E-state index is -0.174. The monoisotopic (exact) mass is 321 g/mol. The maximum absolute atomic E-state index is 11.9. The molecule has 0 bridgehead atoms. The van der Waals surface area contributed by atoms with E-state index in [-0.39, 0.29) is 18.0 Å². The molecule has 0 aliphatic carbocycles. The molecular weight excluding hydrogens is 294 g/mol. The molecule has 23 heavy (non-hydrogen) atoms. The third-order valence-electron chi connectivity index (χ3n) is 3.96. The summed E-state index contributed by atoms with van der Waals surface area (Å²) in [6, 6.07) is 1.69. The quantitative estimate of drug-likeness (QED) is 0.744. The molecule has 0 saturated carbocycles. The van der Waals surface area contributed by atoms with E-state index < -0.39 is 0 Å². The summed E-state index contributed by atoms with van der Waals surface area (Å²) in [6.45, 7) is 4.73. The van der Waals surface area contributed by atoms with E-state index >= 15 is 0 Å². The van der Waals surface area contributed by atoms with E-state index in [9.17, 15) is 9.59 Å². The highest BCUT2D eigenvalue weighted by Crippen LogP contribution is 2.11. The zero-order chi connectivity index (χ0) is 16.5. The van der Waals surface area contributed by atoms with Crippen LogP contribution in [0.1, 0.15) is 39.0 Å². The molecule has 1 aliphatic rings. The number of nitrogens with one attached hydrogen (secondary N) is 2. The average Bonchev–Trinajstić information content (AvgIpc) is 2.92. The Morgan fingerprint density at radius 3 is 3.04 bits per heavy atom. The molecule has 1 aromatic rings. The molecule has 3 amide bonds. The third-order valence-corrected chi connectivity index (χ3v) is 3.96. The van der Waals surface area contributed by atoms with Gasteiger partial charge < -0.3 is 15.5 Å². The molecule has 7 nitrogen and oxygen atoms in total. The van der Waals surface area contributed by atoms with Crippen LogP contribution < -0.4 is 10.6 Å². The number of carbonyl (C=O) groups excluding carboxylic acids is 2. The SMILES string of the molecule is C[C@@H](Cn1cccn1)NC(=O)NCCCN1CCCCCC1=O. The molecule has 2 N–H and O–H groups in total. The third kappa shape index (κ3) is 6.30. The molecule has 128 valence electrons. The van der Waals surface area contributed by atoms with Crippen LogP contribution in [0.4, 0.5) is 4.79 Å². The number of amides is 3. The van der Waals surface area contributed by atoms with Crippen molar-refractivity contribution < 1.29 is 9.59 Å². The number of urea groups is 1. The van der Waals surface area contributed by atoms with Crippen molar-refractivity contribution in [1.82, 2.24) is 25.3 Å². The fourth-order valence-electron chi connectivity index (χ4n) is 2.76. The van der Waals surface area contributed by atoms with Gasteiger partial charge in [0.25, 0.3) is 0 Å². The molecule has 1 fully saturated rings. The second-order valence-electron chi connectivity index (χ2n) is 6.07. The highest BCUT2D eigenvalue weighted by Gasteiger charge is 2.15. The highest BCUT2D eigenvalue weighted by molar-refractivity contribution is 5.76. The Morgan fingerprint density at radius 2 is 2.26 bits per heavy atom. The van der Waals surface area contributed by atoms with Gasteiger partial charge in [-0.1, -0.05) is 6.42 Å². The van der Waals surface area contributed by atoms with Gasteiger partial charge in [0.15, 0.2) is 0 Å². The fourth-order valence-corrected chi connectivity index (χ4v) is 2.76. The molecule has 1 saturated heterocycles. The molecule has 1 aromatic heterocycles. The molecule has 1 atom stereocenters. The van der Waals surface area contributed by atoms with Crippen molar-refractivity contribution >= 4 is 11.9 Å². The minimum Gasteiger partial charge on any atom is -0.343 e. The Labute approximate surface area is 137 Å². The average molecular weight is 321 g/mol. The zero-order valence-corrected chi connectivity index (χ0v) is 13.8. The summed E-state index contributed by atoms with van der Waals surface area (Å²) in [4.78, 5) is 25.6. The summed E-state index contributed by atoms with van der Waals surface area (Å²) in [5.74, 6) is 0.250. The maximum atomic E-state index is 11.9. The molecule has 0 aromatic carbocycles. The van der Waals surface area contributed by atoms with Crippen LogP contribution in [0.2, 0.25) is 0 Å². The smallest absolute Gasteiger partial charge is 0.315 e. The lowest BCUT2D eigenvalue weighted by Crippen LogP contribution is -2.43. The lowest BCUT2D eigenvalue weighted by molar-refractivity contribution is -0.130. The van der Waals surface area contributed by atoms with Gasteiger partial charge >= 0.3 is 6.03 Å². The molecule has 7 heteroatoms. The van der Waals surface area contributed by atoms with Crippen molar-refractivity contribution in [2.45, 2.75) is 51.6 Å². The topological polar surface area (TPSA) is 79.3 Å². The largest absolute Gasteiger partial charge is 0.343 e. The molecule has 2 rings (SSSR count). The van der Waals surface area contributed by atoms with Crippen LogP contribution in [-0.2, 0) is 11.3 Å². The first-order chi connectivity index (χ1) is 11.1. The Kier molecular flexibility index (Phi) is 6.90. The van der Waals surface area contributed by atoms with E-state index in [0.717, 1.165) is 38.8 Å². The highest BCUT2D eigenvalue weighted by atomic mass is 16.2. The normalized spacial score (nSPS) is 16.7. The van der Waals surface area contributed by atoms with Crippen LogP contribution in [0.5, 0.6) is 0 Å². The molecular formula is C16H27N5O2. The predicted octanol–water partition coefficient (Wildman–Crippen LogP) is 1.36. The van der Waals surface area contributed by atoms with Crippen molar-refractivity contribution in [3.63, 3.8) is 0 Å². The Hall–Kier alpha value is -2.05. The van der Waals surface area contributed by atoms with Crippen LogP contribution in [0.15, 0.2) is 18.5 Å². The van der Waals surface area contributed by atoms with Crippen LogP contribution in [0, 0.1) is 0 Å². The lowest BCUT2D eigenvalue weighted by Gasteiger charge is -2.20. The van der Waals surface area contributed by atoms with E-state index in [2.05, 4.69) is 15.7 Å². The van der Waals surface area contributed by atoms with Crippen molar-refractivity contribution in [1.29, 1.82) is 0 Å². The molecule has 2 heterocycles. The fraction of sp³-hybridized carbons (Fsp3) is 0.688. The van der Waals surface area contributed by atoms with Crippen molar-refractivity contribution in [2.24, 2.45) is 0 Å². The molecule has 0 radical (unpaired) electrons. The summed E-state index contributed by atoms with van der Waals surface area (Å²) in [5, 5.41) is 9.84. The van der Waals surface area contributed by atoms with E-state index in [1.807, 2.05) is 24.1 Å². The summed E-state index contributed by atoms with van der Waals surface area (Å²) >= 11 is 0.